The number of rotatable bonds is 4. The summed E-state index contributed by atoms with van der Waals surface area (Å²) in [7, 11) is 0. The van der Waals surface area contributed by atoms with E-state index in [2.05, 4.69) is 18.7 Å². The highest BCUT2D eigenvalue weighted by molar-refractivity contribution is 5.87. The minimum atomic E-state index is -0.871. The van der Waals surface area contributed by atoms with E-state index in [0.717, 1.165) is 31.8 Å². The van der Waals surface area contributed by atoms with Gasteiger partial charge in [0.1, 0.15) is 0 Å². The molecule has 1 aliphatic heterocycles. The molecule has 4 heteroatoms. The number of morpholine rings is 1. The molecule has 1 unspecified atom stereocenters. The average Bonchev–Trinajstić information content (AvgIpc) is 2.39. The van der Waals surface area contributed by atoms with Crippen LogP contribution in [0.2, 0.25) is 0 Å². The monoisotopic (exact) mass is 263 g/mol. The van der Waals surface area contributed by atoms with Gasteiger partial charge in [-0.15, -0.1) is 0 Å². The standard InChI is InChI=1S/C15H21NO3/c1-11(2)14-10-16(6-7-19-14)9-12-4-3-5-13(8-12)15(17)18/h3-5,8,11,14H,6-7,9-10H2,1-2H3,(H,17,18). The van der Waals surface area contributed by atoms with Crippen molar-refractivity contribution >= 4 is 5.97 Å². The highest BCUT2D eigenvalue weighted by atomic mass is 16.5. The van der Waals surface area contributed by atoms with Crippen LogP contribution in [0.3, 0.4) is 0 Å². The Labute approximate surface area is 114 Å². The van der Waals surface area contributed by atoms with E-state index in [1.165, 1.54) is 0 Å². The Bertz CT molecular complexity index is 445. The summed E-state index contributed by atoms with van der Waals surface area (Å²) >= 11 is 0. The molecule has 2 rings (SSSR count). The Morgan fingerprint density at radius 3 is 3.00 bits per heavy atom. The van der Waals surface area contributed by atoms with Gasteiger partial charge in [-0.25, -0.2) is 4.79 Å². The quantitative estimate of drug-likeness (QED) is 0.905. The Hall–Kier alpha value is -1.39. The van der Waals surface area contributed by atoms with Crippen LogP contribution in [-0.4, -0.2) is 41.8 Å². The highest BCUT2D eigenvalue weighted by Crippen LogP contribution is 2.16. The molecule has 104 valence electrons. The van der Waals surface area contributed by atoms with E-state index < -0.39 is 5.97 Å². The summed E-state index contributed by atoms with van der Waals surface area (Å²) in [5.74, 6) is -0.364. The van der Waals surface area contributed by atoms with Crippen molar-refractivity contribution in [1.82, 2.24) is 4.90 Å². The zero-order valence-corrected chi connectivity index (χ0v) is 11.5. The first kappa shape index (κ1) is 14.0. The summed E-state index contributed by atoms with van der Waals surface area (Å²) < 4.78 is 5.73. The van der Waals surface area contributed by atoms with Gasteiger partial charge < -0.3 is 9.84 Å². The number of nitrogens with zero attached hydrogens (tertiary/aromatic N) is 1. The molecule has 0 spiro atoms. The molecule has 1 saturated heterocycles. The van der Waals surface area contributed by atoms with Gasteiger partial charge in [0, 0.05) is 19.6 Å². The van der Waals surface area contributed by atoms with Crippen molar-refractivity contribution in [3.05, 3.63) is 35.4 Å². The number of carboxylic acid groups (broad SMARTS) is 1. The summed E-state index contributed by atoms with van der Waals surface area (Å²) in [5, 5.41) is 9.00. The molecule has 1 N–H and O–H groups in total. The summed E-state index contributed by atoms with van der Waals surface area (Å²) in [5.41, 5.74) is 1.40. The number of benzene rings is 1. The van der Waals surface area contributed by atoms with Gasteiger partial charge in [0.15, 0.2) is 0 Å². The fraction of sp³-hybridized carbons (Fsp3) is 0.533. The molecule has 0 bridgehead atoms. The van der Waals surface area contributed by atoms with Gasteiger partial charge in [0.2, 0.25) is 0 Å². The van der Waals surface area contributed by atoms with E-state index in [1.54, 1.807) is 18.2 Å². The predicted octanol–water partition coefficient (Wildman–Crippen LogP) is 2.24. The van der Waals surface area contributed by atoms with Gasteiger partial charge in [-0.3, -0.25) is 4.90 Å². The topological polar surface area (TPSA) is 49.8 Å². The second-order valence-electron chi connectivity index (χ2n) is 5.39. The van der Waals surface area contributed by atoms with Crippen molar-refractivity contribution in [2.75, 3.05) is 19.7 Å². The maximum absolute atomic E-state index is 11.0. The summed E-state index contributed by atoms with van der Waals surface area (Å²) in [6.45, 7) is 7.68. The number of ether oxygens (including phenoxy) is 1. The van der Waals surface area contributed by atoms with Crippen LogP contribution in [-0.2, 0) is 11.3 Å². The summed E-state index contributed by atoms with van der Waals surface area (Å²) in [4.78, 5) is 13.3. The predicted molar refractivity (Wildman–Crippen MR) is 73.3 cm³/mol. The van der Waals surface area contributed by atoms with Crippen LogP contribution in [0.25, 0.3) is 0 Å². The van der Waals surface area contributed by atoms with Crippen LogP contribution in [0.5, 0.6) is 0 Å². The molecular weight excluding hydrogens is 242 g/mol. The zero-order valence-electron chi connectivity index (χ0n) is 11.5. The van der Waals surface area contributed by atoms with E-state index in [-0.39, 0.29) is 6.10 Å². The first-order valence-corrected chi connectivity index (χ1v) is 6.72. The fourth-order valence-corrected chi connectivity index (χ4v) is 2.34. The van der Waals surface area contributed by atoms with Gasteiger partial charge in [-0.1, -0.05) is 26.0 Å². The molecule has 4 nitrogen and oxygen atoms in total. The molecule has 1 fully saturated rings. The second-order valence-corrected chi connectivity index (χ2v) is 5.39. The maximum Gasteiger partial charge on any atom is 0.335 e. The number of carbonyl (C=O) groups is 1. The Kier molecular flexibility index (Phi) is 4.56. The zero-order chi connectivity index (χ0) is 13.8. The fourth-order valence-electron chi connectivity index (χ4n) is 2.34. The molecule has 1 aromatic rings. The van der Waals surface area contributed by atoms with Crippen LogP contribution < -0.4 is 0 Å². The highest BCUT2D eigenvalue weighted by Gasteiger charge is 2.23. The molecule has 1 aliphatic rings. The minimum Gasteiger partial charge on any atom is -0.478 e. The van der Waals surface area contributed by atoms with Crippen LogP contribution in [0.4, 0.5) is 0 Å². The summed E-state index contributed by atoms with van der Waals surface area (Å²) in [6, 6.07) is 7.16. The van der Waals surface area contributed by atoms with E-state index in [9.17, 15) is 4.79 Å². The number of carboxylic acids is 1. The Balaban J connectivity index is 2.00. The van der Waals surface area contributed by atoms with Crippen molar-refractivity contribution in [2.24, 2.45) is 5.92 Å². The van der Waals surface area contributed by atoms with E-state index in [1.807, 2.05) is 6.07 Å². The molecule has 0 radical (unpaired) electrons. The normalized spacial score (nSPS) is 20.7. The van der Waals surface area contributed by atoms with E-state index in [4.69, 9.17) is 9.84 Å². The van der Waals surface area contributed by atoms with Gasteiger partial charge in [-0.2, -0.15) is 0 Å². The maximum atomic E-state index is 11.0. The van der Waals surface area contributed by atoms with Crippen molar-refractivity contribution in [2.45, 2.75) is 26.5 Å². The molecule has 0 aliphatic carbocycles. The van der Waals surface area contributed by atoms with E-state index in [0.29, 0.717) is 11.5 Å². The second kappa shape index (κ2) is 6.17. The molecule has 0 saturated carbocycles. The molecule has 0 aromatic heterocycles. The van der Waals surface area contributed by atoms with Crippen molar-refractivity contribution in [1.29, 1.82) is 0 Å². The third-order valence-corrected chi connectivity index (χ3v) is 3.50. The summed E-state index contributed by atoms with van der Waals surface area (Å²) in [6.07, 6.45) is 0.274. The first-order chi connectivity index (χ1) is 9.06. The third kappa shape index (κ3) is 3.78. The Morgan fingerprint density at radius 1 is 1.53 bits per heavy atom. The number of hydrogen-bond donors (Lipinski definition) is 1. The number of hydrogen-bond acceptors (Lipinski definition) is 3. The van der Waals surface area contributed by atoms with Crippen LogP contribution in [0.1, 0.15) is 29.8 Å². The molecule has 1 atom stereocenters. The molecule has 0 amide bonds. The molecule has 19 heavy (non-hydrogen) atoms. The van der Waals surface area contributed by atoms with Gasteiger partial charge in [-0.05, 0) is 23.6 Å². The lowest BCUT2D eigenvalue weighted by Crippen LogP contribution is -2.44. The lowest BCUT2D eigenvalue weighted by molar-refractivity contribution is -0.0529. The smallest absolute Gasteiger partial charge is 0.335 e. The van der Waals surface area contributed by atoms with Crippen molar-refractivity contribution in [3.63, 3.8) is 0 Å². The van der Waals surface area contributed by atoms with Crippen LogP contribution in [0, 0.1) is 5.92 Å². The lowest BCUT2D eigenvalue weighted by Gasteiger charge is -2.34. The van der Waals surface area contributed by atoms with Crippen LogP contribution >= 0.6 is 0 Å². The average molecular weight is 263 g/mol. The molecular formula is C15H21NO3. The van der Waals surface area contributed by atoms with Crippen molar-refractivity contribution < 1.29 is 14.6 Å². The SMILES string of the molecule is CC(C)C1CN(Cc2cccc(C(=O)O)c2)CCO1. The van der Waals surface area contributed by atoms with E-state index >= 15 is 0 Å². The first-order valence-electron chi connectivity index (χ1n) is 6.72. The lowest BCUT2D eigenvalue weighted by atomic mass is 10.0. The van der Waals surface area contributed by atoms with Gasteiger partial charge in [0.05, 0.1) is 18.3 Å². The third-order valence-electron chi connectivity index (χ3n) is 3.50. The van der Waals surface area contributed by atoms with Crippen molar-refractivity contribution in [3.8, 4) is 0 Å². The number of aromatic carboxylic acids is 1. The van der Waals surface area contributed by atoms with Gasteiger partial charge >= 0.3 is 5.97 Å². The van der Waals surface area contributed by atoms with Gasteiger partial charge in [0.25, 0.3) is 0 Å². The Morgan fingerprint density at radius 2 is 2.32 bits per heavy atom. The molecule has 1 heterocycles. The molecule has 1 aromatic carbocycles. The minimum absolute atomic E-state index is 0.274. The largest absolute Gasteiger partial charge is 0.478 e. The van der Waals surface area contributed by atoms with Crippen LogP contribution in [0.15, 0.2) is 24.3 Å².